The molecule has 7 rings (SSSR count). The van der Waals surface area contributed by atoms with E-state index in [4.69, 9.17) is 56.8 Å². The number of cyclic esters (lactones) is 1. The highest BCUT2D eigenvalue weighted by Crippen LogP contribution is 2.50. The number of fused-ring (bicyclic) bond motifs is 3. The smallest absolute Gasteiger partial charge is 0.488 e. The molecule has 2 aromatic carbocycles. The lowest BCUT2D eigenvalue weighted by atomic mass is 9.78. The SMILES string of the molecule is CC[C@H]1OC(=O)[C@H](C)[C@@H](O[C@H]2C[C@@](C)(OC)[C@@H](O)[C@H](C)O2)[C@H](C)[C@@H](O[C@@H]2O[C@H](C)C[C@H](N(C)C(=O)OCc3ccccc3)[C@H]2OC(=O)OCc2ccccc2)[C@@]2(C)CC(C)=C(O2)[C@H](C)[C@H]2OC(=O)O[C@@]21C. The summed E-state index contributed by atoms with van der Waals surface area (Å²) >= 11 is 0. The molecule has 5 heterocycles. The number of ether oxygens (including phenoxy) is 12. The van der Waals surface area contributed by atoms with Gasteiger partial charge in [-0.15, -0.1) is 0 Å². The molecule has 0 unspecified atom stereocenters. The summed E-state index contributed by atoms with van der Waals surface area (Å²) in [6, 6.07) is 17.5. The summed E-state index contributed by atoms with van der Waals surface area (Å²) in [5.74, 6) is -2.58. The molecule has 1 N–H and O–H groups in total. The molecule has 17 atom stereocenters. The number of hydrogen-bond donors (Lipinski definition) is 1. The van der Waals surface area contributed by atoms with E-state index in [0.29, 0.717) is 5.76 Å². The number of carbonyl (C=O) groups excluding carboxylic acids is 4. The largest absolute Gasteiger partial charge is 0.509 e. The summed E-state index contributed by atoms with van der Waals surface area (Å²) in [5, 5.41) is 11.2. The third-order valence-corrected chi connectivity index (χ3v) is 15.1. The van der Waals surface area contributed by atoms with Gasteiger partial charge in [-0.05, 0) is 78.0 Å². The first-order valence-electron chi connectivity index (χ1n) is 24.8. The zero-order valence-corrected chi connectivity index (χ0v) is 43.0. The Morgan fingerprint density at radius 1 is 0.831 bits per heavy atom. The lowest BCUT2D eigenvalue weighted by Gasteiger charge is -2.49. The van der Waals surface area contributed by atoms with Gasteiger partial charge in [-0.2, -0.15) is 0 Å². The molecular formula is C53H73NO17. The Bertz CT molecular complexity index is 2210. The molecule has 1 amide bonds. The van der Waals surface area contributed by atoms with E-state index >= 15 is 0 Å². The Morgan fingerprint density at radius 2 is 1.46 bits per heavy atom. The quantitative estimate of drug-likeness (QED) is 0.157. The first-order chi connectivity index (χ1) is 33.6. The molecule has 392 valence electrons. The molecular weight excluding hydrogens is 923 g/mol. The average molecular weight is 996 g/mol. The highest BCUT2D eigenvalue weighted by Gasteiger charge is 2.61. The van der Waals surface area contributed by atoms with Crippen molar-refractivity contribution in [1.82, 2.24) is 4.90 Å². The summed E-state index contributed by atoms with van der Waals surface area (Å²) in [7, 11) is 3.07. The van der Waals surface area contributed by atoms with E-state index in [-0.39, 0.29) is 38.9 Å². The van der Waals surface area contributed by atoms with E-state index < -0.39 is 126 Å². The van der Waals surface area contributed by atoms with Crippen LogP contribution in [0.1, 0.15) is 106 Å². The van der Waals surface area contributed by atoms with Crippen molar-refractivity contribution in [2.45, 2.75) is 192 Å². The molecule has 5 aliphatic rings. The standard InChI is InChI=1S/C53H73NO17/c1-13-38-53(10)45(69-50(59)71-53)31(4)40-29(2)25-52(9,70-40)44(32(5)41(33(6)46(56)65-38)66-39-26-51(8,60-12)43(55)34(7)64-39)68-47-42(67-49(58)62-28-36-22-18-15-19-23-36)37(24-30(3)63-47)54(11)48(57)61-27-35-20-16-14-17-21-35/h14-23,30-34,37-39,41-45,47,55H,13,24-28H2,1-12H3/t30-,31+,32+,33-,34+,37+,38-,39+,41+,42-,43+,44-,45-,47+,51-,52-,53-/m1/s1. The topological polar surface area (TPSA) is 203 Å². The van der Waals surface area contributed by atoms with Crippen LogP contribution in [0.4, 0.5) is 14.4 Å². The van der Waals surface area contributed by atoms with Crippen molar-refractivity contribution < 1.29 is 81.1 Å². The normalized spacial score (nSPS) is 38.4. The number of aliphatic hydroxyl groups excluding tert-OH is 1. The van der Waals surface area contributed by atoms with Gasteiger partial charge in [0.05, 0.1) is 41.8 Å². The minimum absolute atomic E-state index is 0.00588. The molecule has 0 aromatic heterocycles. The first-order valence-corrected chi connectivity index (χ1v) is 24.8. The molecule has 71 heavy (non-hydrogen) atoms. The highest BCUT2D eigenvalue weighted by atomic mass is 16.8. The van der Waals surface area contributed by atoms with Crippen molar-refractivity contribution in [3.05, 3.63) is 83.1 Å². The second kappa shape index (κ2) is 22.0. The molecule has 0 saturated carbocycles. The zero-order valence-electron chi connectivity index (χ0n) is 43.0. The molecule has 0 aliphatic carbocycles. The van der Waals surface area contributed by atoms with Crippen LogP contribution in [0.2, 0.25) is 0 Å². The second-order valence-corrected chi connectivity index (χ2v) is 20.6. The third-order valence-electron chi connectivity index (χ3n) is 15.1. The van der Waals surface area contributed by atoms with E-state index in [1.54, 1.807) is 34.7 Å². The van der Waals surface area contributed by atoms with E-state index in [2.05, 4.69) is 0 Å². The summed E-state index contributed by atoms with van der Waals surface area (Å²) in [4.78, 5) is 57.0. The van der Waals surface area contributed by atoms with Crippen LogP contribution in [0.3, 0.4) is 0 Å². The fraction of sp³-hybridized carbons (Fsp3) is 0.660. The number of aliphatic hydroxyl groups is 1. The van der Waals surface area contributed by atoms with Crippen molar-refractivity contribution in [1.29, 1.82) is 0 Å². The molecule has 18 nitrogen and oxygen atoms in total. The lowest BCUT2D eigenvalue weighted by molar-refractivity contribution is -0.317. The Morgan fingerprint density at radius 3 is 2.08 bits per heavy atom. The number of rotatable bonds is 12. The first kappa shape index (κ1) is 53.8. The summed E-state index contributed by atoms with van der Waals surface area (Å²) in [6.07, 6.45) is -11.8. The van der Waals surface area contributed by atoms with Crippen molar-refractivity contribution >= 4 is 24.4 Å². The van der Waals surface area contributed by atoms with E-state index in [9.17, 15) is 24.3 Å². The number of esters is 1. The highest BCUT2D eigenvalue weighted by molar-refractivity contribution is 5.73. The van der Waals surface area contributed by atoms with Crippen LogP contribution in [-0.2, 0) is 74.9 Å². The van der Waals surface area contributed by atoms with Gasteiger partial charge >= 0.3 is 24.4 Å². The maximum atomic E-state index is 14.8. The predicted octanol–water partition coefficient (Wildman–Crippen LogP) is 8.14. The van der Waals surface area contributed by atoms with Crippen LogP contribution in [0.5, 0.6) is 0 Å². The molecule has 0 radical (unpaired) electrons. The van der Waals surface area contributed by atoms with Crippen molar-refractivity contribution in [2.24, 2.45) is 17.8 Å². The predicted molar refractivity (Wildman–Crippen MR) is 253 cm³/mol. The number of likely N-dealkylation sites (N-methyl/N-ethyl adjacent to an activating group) is 1. The third kappa shape index (κ3) is 11.5. The van der Waals surface area contributed by atoms with Gasteiger partial charge in [-0.25, -0.2) is 14.4 Å². The molecule has 0 spiro atoms. The summed E-state index contributed by atoms with van der Waals surface area (Å²) in [5.41, 5.74) is -1.44. The van der Waals surface area contributed by atoms with Gasteiger partial charge in [-0.3, -0.25) is 4.79 Å². The second-order valence-electron chi connectivity index (χ2n) is 20.6. The maximum absolute atomic E-state index is 14.8. The van der Waals surface area contributed by atoms with E-state index in [1.807, 2.05) is 102 Å². The van der Waals surface area contributed by atoms with Gasteiger partial charge in [0.15, 0.2) is 30.4 Å². The van der Waals surface area contributed by atoms with Crippen LogP contribution in [0.25, 0.3) is 0 Å². The number of methoxy groups -OCH3 is 1. The number of carbonyl (C=O) groups is 4. The summed E-state index contributed by atoms with van der Waals surface area (Å²) < 4.78 is 75.9. The molecule has 2 bridgehead atoms. The van der Waals surface area contributed by atoms with Crippen LogP contribution in [0.15, 0.2) is 72.0 Å². The zero-order chi connectivity index (χ0) is 51.6. The van der Waals surface area contributed by atoms with Crippen LogP contribution >= 0.6 is 0 Å². The fourth-order valence-corrected chi connectivity index (χ4v) is 11.1. The molecule has 2 aromatic rings. The van der Waals surface area contributed by atoms with Gasteiger partial charge in [0.2, 0.25) is 0 Å². The van der Waals surface area contributed by atoms with Gasteiger partial charge in [0.25, 0.3) is 0 Å². The van der Waals surface area contributed by atoms with Gasteiger partial charge in [-0.1, -0.05) is 81.4 Å². The molecule has 4 fully saturated rings. The Balaban J connectivity index is 1.30. The van der Waals surface area contributed by atoms with Crippen LogP contribution in [-0.4, -0.2) is 133 Å². The van der Waals surface area contributed by atoms with Gasteiger partial charge < -0.3 is 66.8 Å². The number of amides is 1. The van der Waals surface area contributed by atoms with E-state index in [0.717, 1.165) is 16.7 Å². The minimum Gasteiger partial charge on any atom is -0.488 e. The molecule has 5 aliphatic heterocycles. The molecule has 4 saturated heterocycles. The fourth-order valence-electron chi connectivity index (χ4n) is 11.1. The minimum atomic E-state index is -1.42. The monoisotopic (exact) mass is 995 g/mol. The Hall–Kier alpha value is -4.98. The van der Waals surface area contributed by atoms with E-state index in [1.165, 1.54) is 12.0 Å². The van der Waals surface area contributed by atoms with Crippen LogP contribution in [0, 0.1) is 17.8 Å². The summed E-state index contributed by atoms with van der Waals surface area (Å²) in [6.45, 7) is 17.9. The van der Waals surface area contributed by atoms with Crippen molar-refractivity contribution in [3.8, 4) is 0 Å². The average Bonchev–Trinajstić information content (AvgIpc) is 3.84. The van der Waals surface area contributed by atoms with Gasteiger partial charge in [0.1, 0.15) is 42.9 Å². The van der Waals surface area contributed by atoms with Gasteiger partial charge in [0, 0.05) is 32.9 Å². The lowest BCUT2D eigenvalue weighted by Crippen LogP contribution is -2.61. The molecule has 18 heteroatoms. The van der Waals surface area contributed by atoms with Crippen LogP contribution < -0.4 is 0 Å². The number of benzene rings is 2. The Kier molecular flexibility index (Phi) is 16.7. The Labute approximate surface area is 416 Å². The van der Waals surface area contributed by atoms with Crippen molar-refractivity contribution in [2.75, 3.05) is 14.2 Å². The number of hydrogen-bond acceptors (Lipinski definition) is 17. The van der Waals surface area contributed by atoms with Crippen molar-refractivity contribution in [3.63, 3.8) is 0 Å². The number of nitrogens with zero attached hydrogens (tertiary/aromatic N) is 1. The maximum Gasteiger partial charge on any atom is 0.509 e.